The van der Waals surface area contributed by atoms with E-state index in [9.17, 15) is 0 Å². The van der Waals surface area contributed by atoms with Crippen LogP contribution < -0.4 is 10.1 Å². The van der Waals surface area contributed by atoms with Crippen LogP contribution in [-0.2, 0) is 6.42 Å². The second-order valence-corrected chi connectivity index (χ2v) is 4.54. The molecule has 0 amide bonds. The molecule has 0 aliphatic carbocycles. The van der Waals surface area contributed by atoms with E-state index < -0.39 is 0 Å². The van der Waals surface area contributed by atoms with Crippen LogP contribution in [0.5, 0.6) is 5.75 Å². The molecule has 100 valence electrons. The molecule has 2 aromatic rings. The number of hydrogen-bond acceptors (Lipinski definition) is 3. The summed E-state index contributed by atoms with van der Waals surface area (Å²) < 4.78 is 5.80. The van der Waals surface area contributed by atoms with Gasteiger partial charge in [0.05, 0.1) is 6.61 Å². The highest BCUT2D eigenvalue weighted by Gasteiger charge is 2.03. The third-order valence-electron chi connectivity index (χ3n) is 3.20. The Bertz CT molecular complexity index is 499. The summed E-state index contributed by atoms with van der Waals surface area (Å²) in [7, 11) is 1.96. The summed E-state index contributed by atoms with van der Waals surface area (Å²) in [4.78, 5) is 4.00. The van der Waals surface area contributed by atoms with Crippen molar-refractivity contribution in [3.8, 4) is 5.75 Å². The van der Waals surface area contributed by atoms with Gasteiger partial charge in [-0.1, -0.05) is 12.1 Å². The molecule has 0 spiro atoms. The molecule has 0 saturated heterocycles. The first kappa shape index (κ1) is 13.6. The Kier molecular flexibility index (Phi) is 4.93. The molecule has 0 radical (unpaired) electrons. The Morgan fingerprint density at radius 1 is 1.21 bits per heavy atom. The van der Waals surface area contributed by atoms with Crippen LogP contribution in [-0.4, -0.2) is 18.6 Å². The van der Waals surface area contributed by atoms with E-state index >= 15 is 0 Å². The Balaban J connectivity index is 1.89. The van der Waals surface area contributed by atoms with Crippen molar-refractivity contribution in [2.24, 2.45) is 0 Å². The van der Waals surface area contributed by atoms with Crippen LogP contribution in [0.15, 0.2) is 48.8 Å². The number of ether oxygens (including phenoxy) is 1. The van der Waals surface area contributed by atoms with E-state index in [1.165, 1.54) is 11.1 Å². The fourth-order valence-electron chi connectivity index (χ4n) is 1.88. The largest absolute Gasteiger partial charge is 0.493 e. The second kappa shape index (κ2) is 6.90. The third kappa shape index (κ3) is 4.07. The zero-order valence-electron chi connectivity index (χ0n) is 11.5. The van der Waals surface area contributed by atoms with Gasteiger partial charge < -0.3 is 10.1 Å². The van der Waals surface area contributed by atoms with Gasteiger partial charge in [-0.05, 0) is 49.4 Å². The number of rotatable bonds is 6. The lowest BCUT2D eigenvalue weighted by Crippen LogP contribution is -2.12. The monoisotopic (exact) mass is 256 g/mol. The first-order valence-corrected chi connectivity index (χ1v) is 6.58. The average Bonchev–Trinajstić information content (AvgIpc) is 2.48. The van der Waals surface area contributed by atoms with Gasteiger partial charge in [0.15, 0.2) is 0 Å². The number of nitrogens with one attached hydrogen (secondary N) is 1. The van der Waals surface area contributed by atoms with Gasteiger partial charge in [0, 0.05) is 24.9 Å². The highest BCUT2D eigenvalue weighted by atomic mass is 16.5. The topological polar surface area (TPSA) is 34.1 Å². The molecule has 1 unspecified atom stereocenters. The van der Waals surface area contributed by atoms with Gasteiger partial charge in [-0.3, -0.25) is 4.98 Å². The minimum atomic E-state index is 0.337. The van der Waals surface area contributed by atoms with Crippen LogP contribution in [0.25, 0.3) is 0 Å². The fraction of sp³-hybridized carbons (Fsp3) is 0.312. The summed E-state index contributed by atoms with van der Waals surface area (Å²) in [6.45, 7) is 2.82. The summed E-state index contributed by atoms with van der Waals surface area (Å²) >= 11 is 0. The molecule has 1 heterocycles. The molecule has 1 aromatic carbocycles. The first-order valence-electron chi connectivity index (χ1n) is 6.58. The Labute approximate surface area is 114 Å². The highest BCUT2D eigenvalue weighted by Crippen LogP contribution is 2.18. The van der Waals surface area contributed by atoms with E-state index in [1.54, 1.807) is 0 Å². The third-order valence-corrected chi connectivity index (χ3v) is 3.20. The van der Waals surface area contributed by atoms with Crippen molar-refractivity contribution in [1.82, 2.24) is 10.3 Å². The van der Waals surface area contributed by atoms with Crippen molar-refractivity contribution >= 4 is 0 Å². The summed E-state index contributed by atoms with van der Waals surface area (Å²) in [6, 6.07) is 12.6. The molecule has 0 aliphatic heterocycles. The molecular weight excluding hydrogens is 236 g/mol. The van der Waals surface area contributed by atoms with Crippen LogP contribution in [0.2, 0.25) is 0 Å². The first-order chi connectivity index (χ1) is 9.29. The molecule has 0 bridgehead atoms. The molecule has 1 atom stereocenters. The van der Waals surface area contributed by atoms with Crippen LogP contribution >= 0.6 is 0 Å². The second-order valence-electron chi connectivity index (χ2n) is 4.54. The highest BCUT2D eigenvalue weighted by molar-refractivity contribution is 5.30. The van der Waals surface area contributed by atoms with Crippen LogP contribution in [0.1, 0.15) is 24.1 Å². The maximum Gasteiger partial charge on any atom is 0.119 e. The normalized spacial score (nSPS) is 12.1. The molecule has 3 nitrogen and oxygen atoms in total. The molecule has 0 fully saturated rings. The van der Waals surface area contributed by atoms with Crippen molar-refractivity contribution < 1.29 is 4.74 Å². The Morgan fingerprint density at radius 3 is 2.74 bits per heavy atom. The van der Waals surface area contributed by atoms with E-state index in [0.717, 1.165) is 12.2 Å². The lowest BCUT2D eigenvalue weighted by Gasteiger charge is -2.12. The van der Waals surface area contributed by atoms with E-state index in [2.05, 4.69) is 29.4 Å². The smallest absolute Gasteiger partial charge is 0.119 e. The zero-order chi connectivity index (χ0) is 13.5. The summed E-state index contributed by atoms with van der Waals surface area (Å²) in [5.41, 5.74) is 2.48. The van der Waals surface area contributed by atoms with Crippen molar-refractivity contribution in [2.75, 3.05) is 13.7 Å². The van der Waals surface area contributed by atoms with Crippen molar-refractivity contribution in [2.45, 2.75) is 19.4 Å². The number of aromatic nitrogens is 1. The van der Waals surface area contributed by atoms with Crippen LogP contribution in [0.4, 0.5) is 0 Å². The van der Waals surface area contributed by atoms with Crippen molar-refractivity contribution in [3.63, 3.8) is 0 Å². The number of pyridine rings is 1. The van der Waals surface area contributed by atoms with Gasteiger partial charge in [-0.2, -0.15) is 0 Å². The number of hydrogen-bond donors (Lipinski definition) is 1. The Morgan fingerprint density at radius 2 is 2.00 bits per heavy atom. The molecule has 0 aliphatic rings. The van der Waals surface area contributed by atoms with Gasteiger partial charge in [-0.15, -0.1) is 0 Å². The van der Waals surface area contributed by atoms with Crippen LogP contribution in [0, 0.1) is 0 Å². The summed E-state index contributed by atoms with van der Waals surface area (Å²) in [5.74, 6) is 0.925. The van der Waals surface area contributed by atoms with E-state index in [0.29, 0.717) is 12.6 Å². The molecule has 1 aromatic heterocycles. The number of nitrogens with zero attached hydrogens (tertiary/aromatic N) is 1. The van der Waals surface area contributed by atoms with Crippen molar-refractivity contribution in [3.05, 3.63) is 59.9 Å². The van der Waals surface area contributed by atoms with E-state index in [1.807, 2.05) is 43.7 Å². The molecule has 0 saturated carbocycles. The van der Waals surface area contributed by atoms with Gasteiger partial charge in [0.1, 0.15) is 5.75 Å². The standard InChI is InChI=1S/C16H20N2O/c1-13(17-2)15-4-3-5-16(12-15)19-11-8-14-6-9-18-10-7-14/h3-7,9-10,12-13,17H,8,11H2,1-2H3. The van der Waals surface area contributed by atoms with Gasteiger partial charge >= 0.3 is 0 Å². The average molecular weight is 256 g/mol. The number of benzene rings is 1. The fourth-order valence-corrected chi connectivity index (χ4v) is 1.88. The predicted octanol–water partition coefficient (Wildman–Crippen LogP) is 2.98. The maximum atomic E-state index is 5.80. The minimum Gasteiger partial charge on any atom is -0.493 e. The van der Waals surface area contributed by atoms with Gasteiger partial charge in [0.25, 0.3) is 0 Å². The summed E-state index contributed by atoms with van der Waals surface area (Å²) in [5, 5.41) is 3.23. The van der Waals surface area contributed by atoms with E-state index in [4.69, 9.17) is 4.74 Å². The van der Waals surface area contributed by atoms with Crippen molar-refractivity contribution in [1.29, 1.82) is 0 Å². The maximum absolute atomic E-state index is 5.80. The molecule has 1 N–H and O–H groups in total. The van der Waals surface area contributed by atoms with E-state index in [-0.39, 0.29) is 0 Å². The molecule has 19 heavy (non-hydrogen) atoms. The van der Waals surface area contributed by atoms with Crippen LogP contribution in [0.3, 0.4) is 0 Å². The quantitative estimate of drug-likeness (QED) is 0.862. The summed E-state index contributed by atoms with van der Waals surface area (Å²) in [6.07, 6.45) is 4.52. The lowest BCUT2D eigenvalue weighted by atomic mass is 10.1. The van der Waals surface area contributed by atoms with Gasteiger partial charge in [0.2, 0.25) is 0 Å². The molecule has 3 heteroatoms. The molecular formula is C16H20N2O. The Hall–Kier alpha value is -1.87. The lowest BCUT2D eigenvalue weighted by molar-refractivity contribution is 0.321. The zero-order valence-corrected chi connectivity index (χ0v) is 11.5. The van der Waals surface area contributed by atoms with Gasteiger partial charge in [-0.25, -0.2) is 0 Å². The predicted molar refractivity (Wildman–Crippen MR) is 77.4 cm³/mol. The minimum absolute atomic E-state index is 0.337. The molecule has 2 rings (SSSR count). The SMILES string of the molecule is CNC(C)c1cccc(OCCc2ccncc2)c1.